The molecule has 0 amide bonds. The summed E-state index contributed by atoms with van der Waals surface area (Å²) in [4.78, 5) is 11.9. The van der Waals surface area contributed by atoms with Gasteiger partial charge in [-0.15, -0.1) is 0 Å². The Morgan fingerprint density at radius 1 is 1.39 bits per heavy atom. The van der Waals surface area contributed by atoms with Crippen molar-refractivity contribution in [1.82, 2.24) is 0 Å². The number of esters is 1. The number of carbonyl (C=O) groups is 1. The Bertz CT molecular complexity index is 339. The second-order valence-electron chi connectivity index (χ2n) is 5.45. The summed E-state index contributed by atoms with van der Waals surface area (Å²) < 4.78 is 10.9. The molecule has 0 aromatic rings. The molecule has 0 unspecified atom stereocenters. The maximum atomic E-state index is 11.9. The summed E-state index contributed by atoms with van der Waals surface area (Å²) in [6, 6.07) is 0. The number of hydrogen-bond acceptors (Lipinski definition) is 3. The lowest BCUT2D eigenvalue weighted by molar-refractivity contribution is -0.138. The zero-order valence-corrected chi connectivity index (χ0v) is 12.5. The summed E-state index contributed by atoms with van der Waals surface area (Å²) in [7, 11) is 0.368. The molecule has 0 bridgehead atoms. The molecule has 0 saturated carbocycles. The van der Waals surface area contributed by atoms with E-state index in [1.807, 2.05) is 0 Å². The Hall–Kier alpha value is -1.03. The van der Waals surface area contributed by atoms with Crippen LogP contribution in [0.2, 0.25) is 5.04 Å². The molecule has 2 radical (unpaired) electrons. The van der Waals surface area contributed by atoms with Crippen LogP contribution in [0.4, 0.5) is 0 Å². The number of allylic oxidation sites excluding steroid dienone is 1. The first-order valence-corrected chi connectivity index (χ1v) is 7.29. The molecule has 0 heterocycles. The second kappa shape index (κ2) is 6.78. The molecule has 0 spiro atoms. The third-order valence-electron chi connectivity index (χ3n) is 2.48. The first-order chi connectivity index (χ1) is 8.44. The van der Waals surface area contributed by atoms with Crippen LogP contribution < -0.4 is 0 Å². The third-order valence-corrected chi connectivity index (χ3v) is 3.44. The van der Waals surface area contributed by atoms with Gasteiger partial charge in [-0.25, -0.2) is 4.79 Å². The third kappa shape index (κ3) is 5.08. The van der Waals surface area contributed by atoms with Gasteiger partial charge in [-0.05, 0) is 24.3 Å². The fourth-order valence-electron chi connectivity index (χ4n) is 1.64. The molecule has 0 aromatic carbocycles. The molecule has 0 atom stereocenters. The molecule has 1 rings (SSSR count). The van der Waals surface area contributed by atoms with Gasteiger partial charge in [0.15, 0.2) is 0 Å². The predicted octanol–water partition coefficient (Wildman–Crippen LogP) is 3.40. The summed E-state index contributed by atoms with van der Waals surface area (Å²) in [6.45, 7) is 10.2. The number of rotatable bonds is 5. The van der Waals surface area contributed by atoms with E-state index in [2.05, 4.69) is 27.4 Å². The molecule has 0 fully saturated rings. The minimum absolute atomic E-state index is 0.126. The fraction of sp³-hybridized carbons (Fsp3) is 0.643. The summed E-state index contributed by atoms with van der Waals surface area (Å²) in [5.74, 6) is 0.590. The van der Waals surface area contributed by atoms with Crippen molar-refractivity contribution < 1.29 is 14.0 Å². The Morgan fingerprint density at radius 2 is 2.06 bits per heavy atom. The lowest BCUT2D eigenvalue weighted by atomic mass is 9.98. The molecule has 0 aromatic heterocycles. The topological polar surface area (TPSA) is 35.5 Å². The van der Waals surface area contributed by atoms with E-state index in [1.54, 1.807) is 6.08 Å². The molecule has 18 heavy (non-hydrogen) atoms. The van der Waals surface area contributed by atoms with Crippen LogP contribution in [0.15, 0.2) is 24.0 Å². The average molecular weight is 266 g/mol. The van der Waals surface area contributed by atoms with E-state index in [9.17, 15) is 4.79 Å². The zero-order valence-electron chi connectivity index (χ0n) is 11.5. The van der Waals surface area contributed by atoms with Gasteiger partial charge in [-0.3, -0.25) is 0 Å². The molecule has 100 valence electrons. The molecule has 0 saturated heterocycles. The van der Waals surface area contributed by atoms with Crippen molar-refractivity contribution in [1.29, 1.82) is 0 Å². The molecule has 4 heteroatoms. The summed E-state index contributed by atoms with van der Waals surface area (Å²) >= 11 is 0. The van der Waals surface area contributed by atoms with E-state index in [-0.39, 0.29) is 17.6 Å². The zero-order chi connectivity index (χ0) is 13.6. The van der Waals surface area contributed by atoms with Gasteiger partial charge < -0.3 is 9.16 Å². The largest absolute Gasteiger partial charge is 0.543 e. The fourth-order valence-corrected chi connectivity index (χ4v) is 2.30. The molecule has 0 aliphatic heterocycles. The van der Waals surface area contributed by atoms with E-state index in [4.69, 9.17) is 9.16 Å². The van der Waals surface area contributed by atoms with E-state index in [0.717, 1.165) is 37.0 Å². The molecular weight excluding hydrogens is 244 g/mol. The first-order valence-electron chi connectivity index (χ1n) is 6.38. The second-order valence-corrected chi connectivity index (χ2v) is 7.36. The van der Waals surface area contributed by atoms with Crippen molar-refractivity contribution in [2.75, 3.05) is 6.61 Å². The maximum Gasteiger partial charge on any atom is 0.337 e. The van der Waals surface area contributed by atoms with E-state index in [1.165, 1.54) is 0 Å². The van der Waals surface area contributed by atoms with E-state index in [0.29, 0.717) is 9.76 Å². The maximum absolute atomic E-state index is 11.9. The smallest absolute Gasteiger partial charge is 0.337 e. The van der Waals surface area contributed by atoms with Gasteiger partial charge in [0.25, 0.3) is 0 Å². The van der Waals surface area contributed by atoms with Crippen LogP contribution >= 0.6 is 0 Å². The minimum atomic E-state index is -0.247. The molecule has 3 nitrogen and oxygen atoms in total. The van der Waals surface area contributed by atoms with Crippen molar-refractivity contribution in [2.24, 2.45) is 0 Å². The van der Waals surface area contributed by atoms with Crippen LogP contribution in [0.25, 0.3) is 0 Å². The molecule has 0 N–H and O–H groups in total. The van der Waals surface area contributed by atoms with Gasteiger partial charge >= 0.3 is 15.7 Å². The monoisotopic (exact) mass is 266 g/mol. The lowest BCUT2D eigenvalue weighted by Gasteiger charge is -2.23. The average Bonchev–Trinajstić information content (AvgIpc) is 2.33. The van der Waals surface area contributed by atoms with Gasteiger partial charge in [-0.2, -0.15) is 0 Å². The van der Waals surface area contributed by atoms with Gasteiger partial charge in [-0.1, -0.05) is 33.4 Å². The summed E-state index contributed by atoms with van der Waals surface area (Å²) in [6.07, 6.45) is 5.31. The van der Waals surface area contributed by atoms with Crippen molar-refractivity contribution in [3.63, 3.8) is 0 Å². The van der Waals surface area contributed by atoms with Crippen LogP contribution in [0, 0.1) is 0 Å². The summed E-state index contributed by atoms with van der Waals surface area (Å²) in [5, 5.41) is 0.126. The highest BCUT2D eigenvalue weighted by Gasteiger charge is 2.24. The Kier molecular flexibility index (Phi) is 5.66. The number of carbonyl (C=O) groups excluding carboxylic acids is 1. The molecule has 1 aliphatic carbocycles. The van der Waals surface area contributed by atoms with Crippen LogP contribution in [0.5, 0.6) is 0 Å². The Labute approximate surface area is 112 Å². The SMILES string of the molecule is C=CCOC(=O)C1=C(O[Si]C(C)(C)C)CCCC1. The van der Waals surface area contributed by atoms with Crippen LogP contribution in [0.3, 0.4) is 0 Å². The van der Waals surface area contributed by atoms with Crippen molar-refractivity contribution in [2.45, 2.75) is 51.5 Å². The van der Waals surface area contributed by atoms with Gasteiger partial charge in [0.2, 0.25) is 0 Å². The molecular formula is C14H22O3Si. The minimum Gasteiger partial charge on any atom is -0.543 e. The van der Waals surface area contributed by atoms with Gasteiger partial charge in [0.05, 0.1) is 11.3 Å². The van der Waals surface area contributed by atoms with E-state index >= 15 is 0 Å². The van der Waals surface area contributed by atoms with Crippen molar-refractivity contribution in [3.05, 3.63) is 24.0 Å². The van der Waals surface area contributed by atoms with E-state index < -0.39 is 0 Å². The highest BCUT2D eigenvalue weighted by atomic mass is 28.2. The Morgan fingerprint density at radius 3 is 2.67 bits per heavy atom. The predicted molar refractivity (Wildman–Crippen MR) is 73.2 cm³/mol. The normalized spacial score (nSPS) is 16.4. The van der Waals surface area contributed by atoms with Crippen LogP contribution in [-0.2, 0) is 14.0 Å². The van der Waals surface area contributed by atoms with Gasteiger partial charge in [0.1, 0.15) is 6.61 Å². The number of hydrogen-bond donors (Lipinski definition) is 0. The van der Waals surface area contributed by atoms with Gasteiger partial charge in [0, 0.05) is 6.42 Å². The lowest BCUT2D eigenvalue weighted by Crippen LogP contribution is -2.19. The standard InChI is InChI=1S/C14H22O3Si/c1-5-10-16-13(15)11-8-6-7-9-12(11)17-18-14(2,3)4/h5H,1,6-10H2,2-4H3. The highest BCUT2D eigenvalue weighted by molar-refractivity contribution is 6.32. The van der Waals surface area contributed by atoms with Crippen molar-refractivity contribution >= 4 is 15.7 Å². The first kappa shape index (κ1) is 15.0. The van der Waals surface area contributed by atoms with Crippen molar-refractivity contribution in [3.8, 4) is 0 Å². The van der Waals surface area contributed by atoms with Crippen LogP contribution in [-0.4, -0.2) is 22.3 Å². The Balaban J connectivity index is 2.69. The summed E-state index contributed by atoms with van der Waals surface area (Å²) in [5.41, 5.74) is 0.722. The quantitative estimate of drug-likeness (QED) is 0.434. The number of ether oxygens (including phenoxy) is 1. The van der Waals surface area contributed by atoms with Crippen LogP contribution in [0.1, 0.15) is 46.5 Å². The molecule has 1 aliphatic rings. The highest BCUT2D eigenvalue weighted by Crippen LogP contribution is 2.29.